The van der Waals surface area contributed by atoms with Crippen molar-refractivity contribution in [3.05, 3.63) is 52.6 Å². The van der Waals surface area contributed by atoms with Gasteiger partial charge in [0.1, 0.15) is 5.82 Å². The molecular formula is C16H19N5O. The number of nitrogens with one attached hydrogen (secondary N) is 1. The Labute approximate surface area is 128 Å². The molecule has 22 heavy (non-hydrogen) atoms. The molecule has 0 amide bonds. The summed E-state index contributed by atoms with van der Waals surface area (Å²) in [6.45, 7) is 5.66. The quantitative estimate of drug-likeness (QED) is 0.847. The van der Waals surface area contributed by atoms with Crippen molar-refractivity contribution in [3.8, 4) is 5.69 Å². The van der Waals surface area contributed by atoms with Crippen molar-refractivity contribution in [2.75, 3.05) is 31.9 Å². The molecule has 4 rings (SSSR count). The van der Waals surface area contributed by atoms with Gasteiger partial charge in [-0.2, -0.15) is 4.98 Å². The van der Waals surface area contributed by atoms with Gasteiger partial charge >= 0.3 is 5.69 Å². The summed E-state index contributed by atoms with van der Waals surface area (Å²) in [6.07, 6.45) is 1.66. The van der Waals surface area contributed by atoms with E-state index in [1.165, 1.54) is 23.2 Å². The first kappa shape index (κ1) is 13.5. The van der Waals surface area contributed by atoms with E-state index in [-0.39, 0.29) is 11.5 Å². The number of hydrogen-bond donors (Lipinski definition) is 2. The second-order valence-corrected chi connectivity index (χ2v) is 6.42. The zero-order chi connectivity index (χ0) is 15.2. The molecule has 0 atom stereocenters. The fourth-order valence-electron chi connectivity index (χ4n) is 3.35. The number of anilines is 1. The maximum Gasteiger partial charge on any atom is 0.354 e. The second-order valence-electron chi connectivity index (χ2n) is 6.42. The number of rotatable bonds is 3. The molecule has 0 aliphatic carbocycles. The first-order valence-electron chi connectivity index (χ1n) is 7.51. The Kier molecular flexibility index (Phi) is 3.02. The molecule has 3 heterocycles. The Hall–Kier alpha value is -2.18. The van der Waals surface area contributed by atoms with Crippen molar-refractivity contribution in [3.63, 3.8) is 0 Å². The molecule has 1 aromatic heterocycles. The highest BCUT2D eigenvalue weighted by atomic mass is 16.1. The highest BCUT2D eigenvalue weighted by Crippen LogP contribution is 2.34. The molecule has 2 aliphatic rings. The maximum absolute atomic E-state index is 11.8. The summed E-state index contributed by atoms with van der Waals surface area (Å²) in [7, 11) is 0. The fourth-order valence-corrected chi connectivity index (χ4v) is 3.35. The predicted octanol–water partition coefficient (Wildman–Crippen LogP) is 0.220. The van der Waals surface area contributed by atoms with Gasteiger partial charge < -0.3 is 11.1 Å². The molecule has 6 heteroatoms. The van der Waals surface area contributed by atoms with Gasteiger partial charge in [-0.25, -0.2) is 4.79 Å². The summed E-state index contributed by atoms with van der Waals surface area (Å²) >= 11 is 0. The minimum Gasteiger partial charge on any atom is -0.383 e. The van der Waals surface area contributed by atoms with Crippen LogP contribution in [0, 0.1) is 5.41 Å². The van der Waals surface area contributed by atoms with Gasteiger partial charge in [0.2, 0.25) is 0 Å². The minimum atomic E-state index is -0.352. The number of nitrogens with two attached hydrogens (primary N) is 1. The average Bonchev–Trinajstić information content (AvgIpc) is 2.41. The molecule has 2 fully saturated rings. The van der Waals surface area contributed by atoms with Crippen LogP contribution >= 0.6 is 0 Å². The van der Waals surface area contributed by atoms with Gasteiger partial charge in [0, 0.05) is 44.3 Å². The Morgan fingerprint density at radius 2 is 1.91 bits per heavy atom. The third kappa shape index (κ3) is 2.30. The molecule has 2 aliphatic heterocycles. The van der Waals surface area contributed by atoms with Crippen LogP contribution < -0.4 is 16.7 Å². The van der Waals surface area contributed by atoms with Gasteiger partial charge in [0.25, 0.3) is 0 Å². The van der Waals surface area contributed by atoms with E-state index in [9.17, 15) is 4.79 Å². The topological polar surface area (TPSA) is 76.2 Å². The second kappa shape index (κ2) is 4.93. The molecular weight excluding hydrogens is 278 g/mol. The fraction of sp³-hybridized carbons (Fsp3) is 0.375. The van der Waals surface area contributed by atoms with Gasteiger partial charge in [-0.05, 0) is 23.8 Å². The number of aromatic nitrogens is 2. The SMILES string of the molecule is Nc1ccn(-c2ccc(CN3CC4(CNC4)C3)cc2)c(=O)n1. The Balaban J connectivity index is 1.45. The molecule has 6 nitrogen and oxygen atoms in total. The van der Waals surface area contributed by atoms with E-state index in [1.54, 1.807) is 12.3 Å². The van der Waals surface area contributed by atoms with Crippen LogP contribution in [0.5, 0.6) is 0 Å². The van der Waals surface area contributed by atoms with Crippen molar-refractivity contribution in [1.29, 1.82) is 0 Å². The summed E-state index contributed by atoms with van der Waals surface area (Å²) in [5.74, 6) is 0.245. The van der Waals surface area contributed by atoms with Crippen LogP contribution in [0.15, 0.2) is 41.3 Å². The van der Waals surface area contributed by atoms with Crippen LogP contribution in [0.2, 0.25) is 0 Å². The molecule has 2 aromatic rings. The predicted molar refractivity (Wildman–Crippen MR) is 84.8 cm³/mol. The third-order valence-corrected chi connectivity index (χ3v) is 4.56. The zero-order valence-corrected chi connectivity index (χ0v) is 12.3. The number of likely N-dealkylation sites (tertiary alicyclic amines) is 1. The van der Waals surface area contributed by atoms with Gasteiger partial charge in [0.05, 0.1) is 5.69 Å². The van der Waals surface area contributed by atoms with Crippen molar-refractivity contribution in [1.82, 2.24) is 19.8 Å². The summed E-state index contributed by atoms with van der Waals surface area (Å²) in [5, 5.41) is 3.35. The van der Waals surface area contributed by atoms with E-state index in [0.717, 1.165) is 25.3 Å². The highest BCUT2D eigenvalue weighted by Gasteiger charge is 2.46. The van der Waals surface area contributed by atoms with Crippen molar-refractivity contribution >= 4 is 5.82 Å². The molecule has 0 bridgehead atoms. The van der Waals surface area contributed by atoms with E-state index < -0.39 is 0 Å². The number of nitrogens with zero attached hydrogens (tertiary/aromatic N) is 3. The van der Waals surface area contributed by atoms with E-state index >= 15 is 0 Å². The minimum absolute atomic E-state index is 0.245. The van der Waals surface area contributed by atoms with Crippen LogP contribution in [0.3, 0.4) is 0 Å². The Morgan fingerprint density at radius 1 is 1.18 bits per heavy atom. The van der Waals surface area contributed by atoms with Crippen LogP contribution in [0.4, 0.5) is 5.82 Å². The molecule has 1 aromatic carbocycles. The van der Waals surface area contributed by atoms with Crippen LogP contribution in [0.1, 0.15) is 5.56 Å². The van der Waals surface area contributed by atoms with Crippen LogP contribution in [0.25, 0.3) is 5.69 Å². The first-order chi connectivity index (χ1) is 10.6. The maximum atomic E-state index is 11.8. The van der Waals surface area contributed by atoms with Crippen molar-refractivity contribution in [2.24, 2.45) is 5.41 Å². The Bertz CT molecular complexity index is 740. The van der Waals surface area contributed by atoms with E-state index in [2.05, 4.69) is 27.3 Å². The van der Waals surface area contributed by atoms with Crippen LogP contribution in [-0.2, 0) is 6.54 Å². The lowest BCUT2D eigenvalue weighted by Crippen LogP contribution is -2.70. The van der Waals surface area contributed by atoms with Crippen molar-refractivity contribution < 1.29 is 0 Å². The van der Waals surface area contributed by atoms with Gasteiger partial charge in [0.15, 0.2) is 0 Å². The summed E-state index contributed by atoms with van der Waals surface area (Å²) in [4.78, 5) is 18.0. The van der Waals surface area contributed by atoms with Gasteiger partial charge in [-0.15, -0.1) is 0 Å². The summed E-state index contributed by atoms with van der Waals surface area (Å²) in [5.41, 5.74) is 7.79. The lowest BCUT2D eigenvalue weighted by Gasteiger charge is -2.56. The smallest absolute Gasteiger partial charge is 0.354 e. The normalized spacial score (nSPS) is 19.6. The van der Waals surface area contributed by atoms with Gasteiger partial charge in [-0.3, -0.25) is 9.47 Å². The Morgan fingerprint density at radius 3 is 2.50 bits per heavy atom. The highest BCUT2D eigenvalue weighted by molar-refractivity contribution is 5.36. The van der Waals surface area contributed by atoms with Gasteiger partial charge in [-0.1, -0.05) is 12.1 Å². The largest absolute Gasteiger partial charge is 0.383 e. The first-order valence-corrected chi connectivity index (χ1v) is 7.51. The summed E-state index contributed by atoms with van der Waals surface area (Å²) < 4.78 is 1.50. The number of benzene rings is 1. The number of hydrogen-bond acceptors (Lipinski definition) is 5. The molecule has 0 unspecified atom stereocenters. The molecule has 114 valence electrons. The monoisotopic (exact) mass is 297 g/mol. The average molecular weight is 297 g/mol. The lowest BCUT2D eigenvalue weighted by molar-refractivity contribution is -0.0444. The molecule has 0 saturated carbocycles. The molecule has 3 N–H and O–H groups in total. The van der Waals surface area contributed by atoms with Crippen molar-refractivity contribution in [2.45, 2.75) is 6.54 Å². The molecule has 0 radical (unpaired) electrons. The molecule has 1 spiro atoms. The van der Waals surface area contributed by atoms with Crippen LogP contribution in [-0.4, -0.2) is 40.6 Å². The molecule has 2 saturated heterocycles. The third-order valence-electron chi connectivity index (χ3n) is 4.56. The summed E-state index contributed by atoms with van der Waals surface area (Å²) in [6, 6.07) is 9.68. The van der Waals surface area contributed by atoms with E-state index in [1.807, 2.05) is 12.1 Å². The zero-order valence-electron chi connectivity index (χ0n) is 12.3. The number of nitrogen functional groups attached to an aromatic ring is 1. The van der Waals surface area contributed by atoms with E-state index in [4.69, 9.17) is 5.73 Å². The van der Waals surface area contributed by atoms with E-state index in [0.29, 0.717) is 5.41 Å². The standard InChI is InChI=1S/C16H19N5O/c17-14-5-6-21(15(22)19-14)13-3-1-12(2-4-13)7-20-10-16(11-20)8-18-9-16/h1-6,18H,7-11H2,(H2,17,19,22). The lowest BCUT2D eigenvalue weighted by atomic mass is 9.74.